The van der Waals surface area contributed by atoms with Crippen molar-refractivity contribution >= 4 is 12.6 Å². The van der Waals surface area contributed by atoms with Crippen molar-refractivity contribution in [1.29, 1.82) is 0 Å². The van der Waals surface area contributed by atoms with Crippen LogP contribution in [-0.2, 0) is 0 Å². The van der Waals surface area contributed by atoms with Gasteiger partial charge in [-0.05, 0) is 32.2 Å². The summed E-state index contributed by atoms with van der Waals surface area (Å²) in [7, 11) is 0. The number of hydrogen-bond acceptors (Lipinski definition) is 2. The van der Waals surface area contributed by atoms with Crippen molar-refractivity contribution in [2.24, 2.45) is 0 Å². The van der Waals surface area contributed by atoms with Gasteiger partial charge in [-0.3, -0.25) is 4.90 Å². The first-order chi connectivity index (χ1) is 5.36. The zero-order valence-electron chi connectivity index (χ0n) is 7.00. The molecule has 2 rings (SSSR count). The van der Waals surface area contributed by atoms with E-state index in [1.54, 1.807) is 0 Å². The molecule has 1 atom stereocenters. The van der Waals surface area contributed by atoms with E-state index in [0.717, 1.165) is 6.04 Å². The Hall–Kier alpha value is 0.310. The van der Waals surface area contributed by atoms with Crippen LogP contribution in [0.4, 0.5) is 0 Å². The molecule has 1 saturated heterocycles. The minimum Gasteiger partial charge on any atom is -0.299 e. The first-order valence-corrected chi connectivity index (χ1v) is 5.30. The highest BCUT2D eigenvalue weighted by Gasteiger charge is 2.27. The molecule has 2 fully saturated rings. The number of likely N-dealkylation sites (tertiary alicyclic amines) is 1. The highest BCUT2D eigenvalue weighted by Crippen LogP contribution is 2.28. The smallest absolute Gasteiger partial charge is 0.0145 e. The molecule has 2 heteroatoms. The number of hydrogen-bond donors (Lipinski definition) is 1. The van der Waals surface area contributed by atoms with Gasteiger partial charge in [-0.25, -0.2) is 0 Å². The van der Waals surface area contributed by atoms with Gasteiger partial charge in [0.15, 0.2) is 0 Å². The largest absolute Gasteiger partial charge is 0.299 e. The third kappa shape index (κ3) is 1.73. The van der Waals surface area contributed by atoms with Crippen molar-refractivity contribution in [2.75, 3.05) is 13.1 Å². The monoisotopic (exact) mass is 171 g/mol. The molecule has 2 aliphatic rings. The molecule has 0 aromatic rings. The minimum atomic E-state index is 0.657. The second-order valence-corrected chi connectivity index (χ2v) is 4.61. The Balaban J connectivity index is 1.82. The van der Waals surface area contributed by atoms with Crippen LogP contribution in [0.5, 0.6) is 0 Å². The van der Waals surface area contributed by atoms with E-state index in [-0.39, 0.29) is 0 Å². The molecule has 0 N–H and O–H groups in total. The Morgan fingerprint density at radius 3 is 2.45 bits per heavy atom. The predicted molar refractivity (Wildman–Crippen MR) is 51.2 cm³/mol. The molecular weight excluding hydrogens is 154 g/mol. The van der Waals surface area contributed by atoms with Crippen molar-refractivity contribution in [2.45, 2.75) is 43.4 Å². The maximum absolute atomic E-state index is 4.54. The van der Waals surface area contributed by atoms with E-state index < -0.39 is 0 Å². The van der Waals surface area contributed by atoms with Crippen LogP contribution < -0.4 is 0 Å². The summed E-state index contributed by atoms with van der Waals surface area (Å²) in [5.74, 6) is 0. The lowest BCUT2D eigenvalue weighted by atomic mass is 9.90. The highest BCUT2D eigenvalue weighted by molar-refractivity contribution is 7.81. The quantitative estimate of drug-likeness (QED) is 0.590. The maximum atomic E-state index is 4.54. The summed E-state index contributed by atoms with van der Waals surface area (Å²) in [6.45, 7) is 2.58. The summed E-state index contributed by atoms with van der Waals surface area (Å²) in [6.07, 6.45) is 7.04. The molecule has 0 unspecified atom stereocenters. The van der Waals surface area contributed by atoms with Crippen LogP contribution in [0.2, 0.25) is 0 Å². The van der Waals surface area contributed by atoms with Crippen LogP contribution >= 0.6 is 12.6 Å². The molecule has 0 amide bonds. The molecule has 64 valence electrons. The number of piperidine rings is 1. The normalized spacial score (nSPS) is 35.2. The molecule has 1 heterocycles. The molecule has 1 saturated carbocycles. The summed E-state index contributed by atoms with van der Waals surface area (Å²) >= 11 is 4.54. The summed E-state index contributed by atoms with van der Waals surface area (Å²) < 4.78 is 0. The van der Waals surface area contributed by atoms with Crippen molar-refractivity contribution in [3.8, 4) is 0 Å². The predicted octanol–water partition coefficient (Wildman–Crippen LogP) is 1.93. The van der Waals surface area contributed by atoms with Crippen LogP contribution in [-0.4, -0.2) is 29.3 Å². The molecule has 11 heavy (non-hydrogen) atoms. The second kappa shape index (κ2) is 3.36. The fraction of sp³-hybridized carbons (Fsp3) is 1.00. The summed E-state index contributed by atoms with van der Waals surface area (Å²) in [4.78, 5) is 2.64. The molecule has 0 bridgehead atoms. The van der Waals surface area contributed by atoms with E-state index in [0.29, 0.717) is 5.25 Å². The molecule has 1 nitrogen and oxygen atoms in total. The lowest BCUT2D eigenvalue weighted by Crippen LogP contribution is -2.46. The zero-order chi connectivity index (χ0) is 7.68. The number of rotatable bonds is 1. The zero-order valence-corrected chi connectivity index (χ0v) is 7.89. The average Bonchev–Trinajstić information content (AvgIpc) is 1.83. The van der Waals surface area contributed by atoms with E-state index >= 15 is 0 Å². The molecule has 0 spiro atoms. The van der Waals surface area contributed by atoms with Crippen molar-refractivity contribution in [1.82, 2.24) is 4.90 Å². The van der Waals surface area contributed by atoms with Gasteiger partial charge in [-0.1, -0.05) is 6.42 Å². The van der Waals surface area contributed by atoms with E-state index in [2.05, 4.69) is 17.5 Å². The highest BCUT2D eigenvalue weighted by atomic mass is 32.1. The SMILES string of the molecule is S[C@@H]1CCCN(C2CCC2)C1. The molecule has 0 aromatic heterocycles. The second-order valence-electron chi connectivity index (χ2n) is 3.88. The first-order valence-electron chi connectivity index (χ1n) is 4.78. The fourth-order valence-corrected chi connectivity index (χ4v) is 2.46. The lowest BCUT2D eigenvalue weighted by Gasteiger charge is -2.41. The van der Waals surface area contributed by atoms with Gasteiger partial charge in [0.05, 0.1) is 0 Å². The maximum Gasteiger partial charge on any atom is 0.0145 e. The van der Waals surface area contributed by atoms with Gasteiger partial charge in [0.25, 0.3) is 0 Å². The van der Waals surface area contributed by atoms with Crippen molar-refractivity contribution in [3.63, 3.8) is 0 Å². The van der Waals surface area contributed by atoms with Crippen LogP contribution in [0.1, 0.15) is 32.1 Å². The van der Waals surface area contributed by atoms with Crippen molar-refractivity contribution < 1.29 is 0 Å². The number of nitrogens with zero attached hydrogens (tertiary/aromatic N) is 1. The van der Waals surface area contributed by atoms with E-state index in [9.17, 15) is 0 Å². The van der Waals surface area contributed by atoms with E-state index in [1.165, 1.54) is 45.2 Å². The standard InChI is InChI=1S/C9H17NS/c11-9-5-2-6-10(7-9)8-3-1-4-8/h8-9,11H,1-7H2/t9-/m1/s1. The Labute approximate surface area is 74.6 Å². The Bertz CT molecular complexity index is 134. The number of thiol groups is 1. The van der Waals surface area contributed by atoms with Gasteiger partial charge >= 0.3 is 0 Å². The van der Waals surface area contributed by atoms with Crippen molar-refractivity contribution in [3.05, 3.63) is 0 Å². The van der Waals surface area contributed by atoms with Crippen LogP contribution in [0.15, 0.2) is 0 Å². The van der Waals surface area contributed by atoms with Gasteiger partial charge in [-0.15, -0.1) is 0 Å². The minimum absolute atomic E-state index is 0.657. The van der Waals surface area contributed by atoms with Gasteiger partial charge in [0, 0.05) is 17.8 Å². The Morgan fingerprint density at radius 2 is 1.91 bits per heavy atom. The molecule has 1 aliphatic carbocycles. The van der Waals surface area contributed by atoms with Gasteiger partial charge < -0.3 is 0 Å². The molecule has 1 aliphatic heterocycles. The molecule has 0 radical (unpaired) electrons. The van der Waals surface area contributed by atoms with Crippen LogP contribution in [0.25, 0.3) is 0 Å². The third-order valence-corrected chi connectivity index (χ3v) is 3.44. The van der Waals surface area contributed by atoms with E-state index in [4.69, 9.17) is 0 Å². The molecule has 0 aromatic carbocycles. The summed E-state index contributed by atoms with van der Waals surface area (Å²) in [5, 5.41) is 0.657. The topological polar surface area (TPSA) is 3.24 Å². The van der Waals surface area contributed by atoms with Crippen LogP contribution in [0, 0.1) is 0 Å². The van der Waals surface area contributed by atoms with Crippen LogP contribution in [0.3, 0.4) is 0 Å². The van der Waals surface area contributed by atoms with E-state index in [1.807, 2.05) is 0 Å². The first kappa shape index (κ1) is 7.93. The summed E-state index contributed by atoms with van der Waals surface area (Å²) in [6, 6.07) is 0.935. The Kier molecular flexibility index (Phi) is 2.42. The van der Waals surface area contributed by atoms with Gasteiger partial charge in [-0.2, -0.15) is 12.6 Å². The molecular formula is C9H17NS. The average molecular weight is 171 g/mol. The fourth-order valence-electron chi connectivity index (χ4n) is 2.07. The van der Waals surface area contributed by atoms with Gasteiger partial charge in [0.1, 0.15) is 0 Å². The third-order valence-electron chi connectivity index (χ3n) is 3.02. The lowest BCUT2D eigenvalue weighted by molar-refractivity contribution is 0.108. The van der Waals surface area contributed by atoms with Gasteiger partial charge in [0.2, 0.25) is 0 Å². The Morgan fingerprint density at radius 1 is 1.09 bits per heavy atom. The summed E-state index contributed by atoms with van der Waals surface area (Å²) in [5.41, 5.74) is 0.